The topological polar surface area (TPSA) is 18.5 Å². The fourth-order valence-electron chi connectivity index (χ4n) is 4.01. The second kappa shape index (κ2) is 6.76. The minimum Gasteiger partial charge on any atom is -0.309 e. The number of nitrogens with one attached hydrogen (secondary N) is 1. The highest BCUT2D eigenvalue weighted by Gasteiger charge is 2.31. The maximum Gasteiger partial charge on any atom is 0.0113 e. The van der Waals surface area contributed by atoms with Crippen molar-refractivity contribution < 1.29 is 0 Å². The van der Waals surface area contributed by atoms with Crippen molar-refractivity contribution in [3.8, 4) is 0 Å². The summed E-state index contributed by atoms with van der Waals surface area (Å²) in [6, 6.07) is 2.35. The molecular weight excluding hydrogens is 246 g/mol. The molecule has 3 nitrogen and oxygen atoms in total. The Kier molecular flexibility index (Phi) is 5.49. The van der Waals surface area contributed by atoms with Gasteiger partial charge in [0.25, 0.3) is 0 Å². The van der Waals surface area contributed by atoms with Crippen molar-refractivity contribution in [1.29, 1.82) is 0 Å². The average molecular weight is 281 g/mol. The van der Waals surface area contributed by atoms with Crippen molar-refractivity contribution in [3.05, 3.63) is 0 Å². The van der Waals surface area contributed by atoms with Crippen LogP contribution in [0.15, 0.2) is 0 Å². The Morgan fingerprint density at radius 3 is 2.20 bits per heavy atom. The van der Waals surface area contributed by atoms with E-state index in [-0.39, 0.29) is 5.54 Å². The number of piperidine rings is 1. The van der Waals surface area contributed by atoms with E-state index in [1.54, 1.807) is 0 Å². The van der Waals surface area contributed by atoms with Crippen molar-refractivity contribution in [1.82, 2.24) is 15.1 Å². The maximum atomic E-state index is 3.82. The van der Waals surface area contributed by atoms with Gasteiger partial charge in [-0.05, 0) is 80.1 Å². The summed E-state index contributed by atoms with van der Waals surface area (Å²) in [5, 5.41) is 3.82. The molecular formula is C17H35N3. The smallest absolute Gasteiger partial charge is 0.0113 e. The third kappa shape index (κ3) is 4.71. The van der Waals surface area contributed by atoms with E-state index in [4.69, 9.17) is 0 Å². The van der Waals surface area contributed by atoms with Crippen LogP contribution in [0.2, 0.25) is 0 Å². The standard InChI is InChI=1S/C17H35N3/c1-17(2,3)18-14-7-6-8-16(13-14)20-11-9-15(10-12-20)19(4)5/h14-16,18H,6-13H2,1-5H3/t14-,16-/m1/s1. The van der Waals surface area contributed by atoms with E-state index >= 15 is 0 Å². The Hall–Kier alpha value is -0.120. The molecule has 20 heavy (non-hydrogen) atoms. The molecule has 3 heteroatoms. The lowest BCUT2D eigenvalue weighted by Crippen LogP contribution is -2.52. The van der Waals surface area contributed by atoms with Gasteiger partial charge in [-0.25, -0.2) is 0 Å². The predicted molar refractivity (Wildman–Crippen MR) is 87.2 cm³/mol. The number of rotatable bonds is 3. The zero-order valence-electron chi connectivity index (χ0n) is 14.3. The molecule has 1 saturated heterocycles. The lowest BCUT2D eigenvalue weighted by atomic mass is 9.87. The molecule has 2 fully saturated rings. The predicted octanol–water partition coefficient (Wildman–Crippen LogP) is 2.71. The van der Waals surface area contributed by atoms with Gasteiger partial charge in [0.2, 0.25) is 0 Å². The van der Waals surface area contributed by atoms with Gasteiger partial charge in [0, 0.05) is 23.7 Å². The van der Waals surface area contributed by atoms with Crippen LogP contribution < -0.4 is 5.32 Å². The van der Waals surface area contributed by atoms with Crippen LogP contribution in [0.5, 0.6) is 0 Å². The van der Waals surface area contributed by atoms with E-state index < -0.39 is 0 Å². The third-order valence-corrected chi connectivity index (χ3v) is 5.03. The minimum atomic E-state index is 0.254. The second-order valence-electron chi connectivity index (χ2n) is 8.14. The van der Waals surface area contributed by atoms with E-state index in [0.717, 1.165) is 18.1 Å². The Morgan fingerprint density at radius 1 is 1.00 bits per heavy atom. The molecule has 1 saturated carbocycles. The van der Waals surface area contributed by atoms with Gasteiger partial charge in [0.15, 0.2) is 0 Å². The van der Waals surface area contributed by atoms with Crippen molar-refractivity contribution in [2.45, 2.75) is 83.0 Å². The van der Waals surface area contributed by atoms with Gasteiger partial charge in [-0.2, -0.15) is 0 Å². The summed E-state index contributed by atoms with van der Waals surface area (Å²) in [7, 11) is 4.45. The highest BCUT2D eigenvalue weighted by atomic mass is 15.2. The third-order valence-electron chi connectivity index (χ3n) is 5.03. The summed E-state index contributed by atoms with van der Waals surface area (Å²) in [4.78, 5) is 5.18. The molecule has 2 aliphatic rings. The molecule has 0 bridgehead atoms. The molecule has 0 aromatic rings. The van der Waals surface area contributed by atoms with Crippen LogP contribution >= 0.6 is 0 Å². The second-order valence-corrected chi connectivity index (χ2v) is 8.14. The molecule has 1 heterocycles. The maximum absolute atomic E-state index is 3.82. The molecule has 1 aliphatic heterocycles. The van der Waals surface area contributed by atoms with Crippen molar-refractivity contribution >= 4 is 0 Å². The molecule has 118 valence electrons. The summed E-state index contributed by atoms with van der Waals surface area (Å²) in [5.74, 6) is 0. The van der Waals surface area contributed by atoms with Crippen LogP contribution in [0, 0.1) is 0 Å². The first-order valence-electron chi connectivity index (χ1n) is 8.53. The van der Waals surface area contributed by atoms with Crippen LogP contribution in [-0.2, 0) is 0 Å². The summed E-state index contributed by atoms with van der Waals surface area (Å²) >= 11 is 0. The zero-order chi connectivity index (χ0) is 14.8. The summed E-state index contributed by atoms with van der Waals surface area (Å²) in [6.07, 6.45) is 8.22. The molecule has 0 spiro atoms. The fraction of sp³-hybridized carbons (Fsp3) is 1.00. The van der Waals surface area contributed by atoms with Gasteiger partial charge in [0.05, 0.1) is 0 Å². The molecule has 0 amide bonds. The SMILES string of the molecule is CN(C)C1CCN([C@@H]2CCC[C@@H](NC(C)(C)C)C2)CC1. The van der Waals surface area contributed by atoms with Crippen LogP contribution in [-0.4, -0.2) is 60.6 Å². The van der Waals surface area contributed by atoms with Gasteiger partial charge in [-0.1, -0.05) is 6.42 Å². The van der Waals surface area contributed by atoms with Gasteiger partial charge >= 0.3 is 0 Å². The van der Waals surface area contributed by atoms with Crippen LogP contribution in [0.4, 0.5) is 0 Å². The van der Waals surface area contributed by atoms with E-state index in [0.29, 0.717) is 0 Å². The molecule has 1 aliphatic carbocycles. The lowest BCUT2D eigenvalue weighted by Gasteiger charge is -2.43. The molecule has 0 unspecified atom stereocenters. The van der Waals surface area contributed by atoms with Gasteiger partial charge < -0.3 is 15.1 Å². The van der Waals surface area contributed by atoms with E-state index in [1.165, 1.54) is 51.6 Å². The van der Waals surface area contributed by atoms with Crippen LogP contribution in [0.1, 0.15) is 59.3 Å². The summed E-state index contributed by atoms with van der Waals surface area (Å²) < 4.78 is 0. The monoisotopic (exact) mass is 281 g/mol. The van der Waals surface area contributed by atoms with Crippen molar-refractivity contribution in [2.24, 2.45) is 0 Å². The highest BCUT2D eigenvalue weighted by Crippen LogP contribution is 2.27. The number of hydrogen-bond acceptors (Lipinski definition) is 3. The van der Waals surface area contributed by atoms with E-state index in [2.05, 4.69) is 50.0 Å². The van der Waals surface area contributed by atoms with Crippen LogP contribution in [0.3, 0.4) is 0 Å². The molecule has 2 atom stereocenters. The number of nitrogens with zero attached hydrogens (tertiary/aromatic N) is 2. The molecule has 0 aromatic heterocycles. The Balaban J connectivity index is 1.81. The molecule has 2 rings (SSSR count). The van der Waals surface area contributed by atoms with Gasteiger partial charge in [-0.3, -0.25) is 0 Å². The average Bonchev–Trinajstić information content (AvgIpc) is 2.37. The largest absolute Gasteiger partial charge is 0.309 e. The first kappa shape index (κ1) is 16.3. The molecule has 1 N–H and O–H groups in total. The quantitative estimate of drug-likeness (QED) is 0.858. The van der Waals surface area contributed by atoms with Crippen molar-refractivity contribution in [3.63, 3.8) is 0 Å². The van der Waals surface area contributed by atoms with E-state index in [9.17, 15) is 0 Å². The van der Waals surface area contributed by atoms with Gasteiger partial charge in [0.1, 0.15) is 0 Å². The molecule has 0 aromatic carbocycles. The minimum absolute atomic E-state index is 0.254. The molecule has 0 radical (unpaired) electrons. The normalized spacial score (nSPS) is 30.9. The Labute approximate surface area is 126 Å². The van der Waals surface area contributed by atoms with Crippen LogP contribution in [0.25, 0.3) is 0 Å². The Bertz CT molecular complexity index is 287. The number of hydrogen-bond donors (Lipinski definition) is 1. The Morgan fingerprint density at radius 2 is 1.65 bits per heavy atom. The van der Waals surface area contributed by atoms with Crippen molar-refractivity contribution in [2.75, 3.05) is 27.2 Å². The first-order valence-corrected chi connectivity index (χ1v) is 8.53. The first-order chi connectivity index (χ1) is 9.35. The lowest BCUT2D eigenvalue weighted by molar-refractivity contribution is 0.0785. The zero-order valence-corrected chi connectivity index (χ0v) is 14.3. The summed E-state index contributed by atoms with van der Waals surface area (Å²) in [5.41, 5.74) is 0.254. The van der Waals surface area contributed by atoms with E-state index in [1.807, 2.05) is 0 Å². The fourth-order valence-corrected chi connectivity index (χ4v) is 4.01. The summed E-state index contributed by atoms with van der Waals surface area (Å²) in [6.45, 7) is 9.48. The highest BCUT2D eigenvalue weighted by molar-refractivity contribution is 4.89. The number of likely N-dealkylation sites (tertiary alicyclic amines) is 1. The van der Waals surface area contributed by atoms with Gasteiger partial charge in [-0.15, -0.1) is 0 Å².